The van der Waals surface area contributed by atoms with Gasteiger partial charge in [0.25, 0.3) is 5.91 Å². The largest absolute Gasteiger partial charge is 0.395 e. The smallest absolute Gasteiger partial charge is 0.272 e. The summed E-state index contributed by atoms with van der Waals surface area (Å²) in [6.45, 7) is 0.353. The Balaban J connectivity index is 1.80. The summed E-state index contributed by atoms with van der Waals surface area (Å²) in [5.41, 5.74) is 2.16. The average molecular weight is 350 g/mol. The molecule has 0 unspecified atom stereocenters. The van der Waals surface area contributed by atoms with E-state index in [1.807, 2.05) is 24.3 Å². The highest BCUT2D eigenvalue weighted by Gasteiger charge is 2.33. The first-order valence-corrected chi connectivity index (χ1v) is 7.71. The second kappa shape index (κ2) is 5.99. The van der Waals surface area contributed by atoms with Crippen LogP contribution < -0.4 is 0 Å². The lowest BCUT2D eigenvalue weighted by atomic mass is 10.1. The molecule has 2 aromatic rings. The van der Waals surface area contributed by atoms with Crippen LogP contribution in [0.4, 0.5) is 0 Å². The summed E-state index contributed by atoms with van der Waals surface area (Å²) in [6.07, 6.45) is 2.03. The van der Waals surface area contributed by atoms with E-state index in [0.29, 0.717) is 12.2 Å². The molecule has 1 aliphatic rings. The fraction of sp³-hybridized carbons (Fsp3) is 0.333. The van der Waals surface area contributed by atoms with Crippen molar-refractivity contribution in [2.24, 2.45) is 0 Å². The molecule has 1 aromatic heterocycles. The molecule has 0 spiro atoms. The normalized spacial score (nSPS) is 14.2. The zero-order chi connectivity index (χ0) is 14.8. The lowest BCUT2D eigenvalue weighted by Crippen LogP contribution is -2.35. The zero-order valence-electron chi connectivity index (χ0n) is 11.4. The fourth-order valence-electron chi connectivity index (χ4n) is 2.30. The van der Waals surface area contributed by atoms with Gasteiger partial charge in [-0.3, -0.25) is 9.89 Å². The molecular weight excluding hydrogens is 334 g/mol. The summed E-state index contributed by atoms with van der Waals surface area (Å²) < 4.78 is 1.00. The van der Waals surface area contributed by atoms with Crippen LogP contribution in [0.15, 0.2) is 34.8 Å². The Bertz CT molecular complexity index is 635. The number of aliphatic hydroxyl groups is 1. The standard InChI is InChI=1S/C15H16BrN3O2/c16-11-3-1-10(2-4-11)13-9-14(18-17-13)15(21)19(7-8-20)12-5-6-12/h1-4,9,12,20H,5-8H2,(H,17,18). The second-order valence-corrected chi connectivity index (χ2v) is 6.04. The summed E-state index contributed by atoms with van der Waals surface area (Å²) in [7, 11) is 0. The number of carbonyl (C=O) groups excluding carboxylic acids is 1. The molecule has 21 heavy (non-hydrogen) atoms. The van der Waals surface area contributed by atoms with Gasteiger partial charge in [0.15, 0.2) is 0 Å². The third-order valence-corrected chi connectivity index (χ3v) is 4.07. The van der Waals surface area contributed by atoms with Crippen LogP contribution in [0.2, 0.25) is 0 Å². The van der Waals surface area contributed by atoms with Crippen LogP contribution in [0.1, 0.15) is 23.3 Å². The molecule has 0 aliphatic heterocycles. The molecule has 0 bridgehead atoms. The second-order valence-electron chi connectivity index (χ2n) is 5.13. The van der Waals surface area contributed by atoms with Crippen LogP contribution in [-0.4, -0.2) is 45.3 Å². The number of benzene rings is 1. The van der Waals surface area contributed by atoms with Crippen molar-refractivity contribution in [2.45, 2.75) is 18.9 Å². The molecule has 1 saturated carbocycles. The minimum absolute atomic E-state index is 0.0179. The first kappa shape index (κ1) is 14.3. The molecule has 0 atom stereocenters. The number of aromatic amines is 1. The Morgan fingerprint density at radius 2 is 2.10 bits per heavy atom. The van der Waals surface area contributed by atoms with E-state index >= 15 is 0 Å². The van der Waals surface area contributed by atoms with Crippen LogP contribution in [-0.2, 0) is 0 Å². The first-order valence-electron chi connectivity index (χ1n) is 6.92. The van der Waals surface area contributed by atoms with Gasteiger partial charge < -0.3 is 10.0 Å². The van der Waals surface area contributed by atoms with Gasteiger partial charge in [0.05, 0.1) is 12.3 Å². The minimum Gasteiger partial charge on any atom is -0.395 e. The molecule has 0 radical (unpaired) electrons. The monoisotopic (exact) mass is 349 g/mol. The molecule has 1 aliphatic carbocycles. The van der Waals surface area contributed by atoms with Crippen LogP contribution in [0.25, 0.3) is 11.3 Å². The number of nitrogens with zero attached hydrogens (tertiary/aromatic N) is 2. The molecule has 1 amide bonds. The number of halogens is 1. The van der Waals surface area contributed by atoms with Crippen molar-refractivity contribution in [2.75, 3.05) is 13.2 Å². The number of hydrogen-bond acceptors (Lipinski definition) is 3. The molecule has 1 heterocycles. The highest BCUT2D eigenvalue weighted by molar-refractivity contribution is 9.10. The maximum absolute atomic E-state index is 12.5. The van der Waals surface area contributed by atoms with Crippen molar-refractivity contribution in [3.8, 4) is 11.3 Å². The predicted molar refractivity (Wildman–Crippen MR) is 82.9 cm³/mol. The van der Waals surface area contributed by atoms with Gasteiger partial charge in [-0.05, 0) is 31.0 Å². The zero-order valence-corrected chi connectivity index (χ0v) is 13.0. The summed E-state index contributed by atoms with van der Waals surface area (Å²) in [5, 5.41) is 16.1. The van der Waals surface area contributed by atoms with E-state index in [9.17, 15) is 4.79 Å². The molecule has 3 rings (SSSR count). The maximum Gasteiger partial charge on any atom is 0.272 e. The van der Waals surface area contributed by atoms with Gasteiger partial charge in [-0.2, -0.15) is 5.10 Å². The predicted octanol–water partition coefficient (Wildman–Crippen LogP) is 2.44. The molecule has 6 heteroatoms. The number of nitrogens with one attached hydrogen (secondary N) is 1. The van der Waals surface area contributed by atoms with Crippen LogP contribution in [0, 0.1) is 0 Å². The number of amides is 1. The van der Waals surface area contributed by atoms with Crippen molar-refractivity contribution in [1.29, 1.82) is 0 Å². The maximum atomic E-state index is 12.5. The van der Waals surface area contributed by atoms with Crippen LogP contribution >= 0.6 is 15.9 Å². The molecular formula is C15H16BrN3O2. The Labute approximate surface area is 131 Å². The first-order chi connectivity index (χ1) is 10.2. The van der Waals surface area contributed by atoms with Gasteiger partial charge in [-0.1, -0.05) is 28.1 Å². The van der Waals surface area contributed by atoms with E-state index in [-0.39, 0.29) is 18.6 Å². The lowest BCUT2D eigenvalue weighted by molar-refractivity contribution is 0.0701. The van der Waals surface area contributed by atoms with E-state index in [1.165, 1.54) is 0 Å². The summed E-state index contributed by atoms with van der Waals surface area (Å²) in [6, 6.07) is 9.80. The number of aromatic nitrogens is 2. The lowest BCUT2D eigenvalue weighted by Gasteiger charge is -2.20. The Morgan fingerprint density at radius 3 is 2.71 bits per heavy atom. The molecule has 2 N–H and O–H groups in total. The topological polar surface area (TPSA) is 69.2 Å². The SMILES string of the molecule is O=C(c1cc(-c2ccc(Br)cc2)n[nH]1)N(CCO)C1CC1. The Morgan fingerprint density at radius 1 is 1.38 bits per heavy atom. The Kier molecular flexibility index (Phi) is 4.07. The van der Waals surface area contributed by atoms with E-state index in [0.717, 1.165) is 28.6 Å². The van der Waals surface area contributed by atoms with Gasteiger partial charge in [0.2, 0.25) is 0 Å². The fourth-order valence-corrected chi connectivity index (χ4v) is 2.56. The minimum atomic E-state index is -0.0950. The van der Waals surface area contributed by atoms with Crippen LogP contribution in [0.3, 0.4) is 0 Å². The number of rotatable bonds is 5. The van der Waals surface area contributed by atoms with Gasteiger partial charge in [-0.25, -0.2) is 0 Å². The molecule has 1 fully saturated rings. The summed E-state index contributed by atoms with van der Waals surface area (Å²) in [5.74, 6) is -0.0950. The quantitative estimate of drug-likeness (QED) is 0.870. The number of aliphatic hydroxyl groups excluding tert-OH is 1. The number of H-pyrrole nitrogens is 1. The van der Waals surface area contributed by atoms with E-state index in [2.05, 4.69) is 26.1 Å². The van der Waals surface area contributed by atoms with Crippen molar-refractivity contribution in [3.05, 3.63) is 40.5 Å². The van der Waals surface area contributed by atoms with Gasteiger partial charge in [-0.15, -0.1) is 0 Å². The molecule has 5 nitrogen and oxygen atoms in total. The average Bonchev–Trinajstić information content (AvgIpc) is 3.21. The highest BCUT2D eigenvalue weighted by Crippen LogP contribution is 2.28. The number of hydrogen-bond donors (Lipinski definition) is 2. The Hall–Kier alpha value is -1.66. The van der Waals surface area contributed by atoms with E-state index in [1.54, 1.807) is 11.0 Å². The van der Waals surface area contributed by atoms with E-state index < -0.39 is 0 Å². The number of carbonyl (C=O) groups is 1. The van der Waals surface area contributed by atoms with Crippen molar-refractivity contribution < 1.29 is 9.90 Å². The van der Waals surface area contributed by atoms with Crippen LogP contribution in [0.5, 0.6) is 0 Å². The van der Waals surface area contributed by atoms with Crippen molar-refractivity contribution in [1.82, 2.24) is 15.1 Å². The molecule has 1 aromatic carbocycles. The summed E-state index contributed by atoms with van der Waals surface area (Å²) >= 11 is 3.39. The van der Waals surface area contributed by atoms with E-state index in [4.69, 9.17) is 5.11 Å². The van der Waals surface area contributed by atoms with Crippen molar-refractivity contribution >= 4 is 21.8 Å². The van der Waals surface area contributed by atoms with Crippen molar-refractivity contribution in [3.63, 3.8) is 0 Å². The molecule has 0 saturated heterocycles. The van der Waals surface area contributed by atoms with Gasteiger partial charge in [0, 0.05) is 22.6 Å². The highest BCUT2D eigenvalue weighted by atomic mass is 79.9. The van der Waals surface area contributed by atoms with Gasteiger partial charge >= 0.3 is 0 Å². The third-order valence-electron chi connectivity index (χ3n) is 3.54. The van der Waals surface area contributed by atoms with Gasteiger partial charge in [0.1, 0.15) is 5.69 Å². The third kappa shape index (κ3) is 3.16. The molecule has 110 valence electrons. The summed E-state index contributed by atoms with van der Waals surface area (Å²) in [4.78, 5) is 14.2.